The van der Waals surface area contributed by atoms with Gasteiger partial charge in [-0.3, -0.25) is 14.4 Å². The summed E-state index contributed by atoms with van der Waals surface area (Å²) < 4.78 is 5.41. The van der Waals surface area contributed by atoms with Crippen molar-refractivity contribution in [2.75, 3.05) is 5.32 Å². The standard InChI is InChI=1S/C33H40N4O5/c1-21-12-14-23(15-13-21)29(30(39)35-25-17-16-22-8-5-6-9-24(22)20-25)37(26-10-7-11-26)31(40)27(18-19-28(34)38)36-32(41)42-33(2,3)4/h5-6,8-9,12-17,20,26-27,29H,7,10-11,18-19H2,1-4H3,(H2,34,38)(H,35,39)(H,36,41). The second-order valence-electron chi connectivity index (χ2n) is 11.9. The summed E-state index contributed by atoms with van der Waals surface area (Å²) >= 11 is 0. The number of anilines is 1. The van der Waals surface area contributed by atoms with E-state index in [9.17, 15) is 19.2 Å². The monoisotopic (exact) mass is 572 g/mol. The first-order valence-corrected chi connectivity index (χ1v) is 14.4. The van der Waals surface area contributed by atoms with Crippen LogP contribution in [0.1, 0.15) is 70.0 Å². The molecule has 9 nitrogen and oxygen atoms in total. The summed E-state index contributed by atoms with van der Waals surface area (Å²) in [7, 11) is 0. The molecule has 9 heteroatoms. The molecule has 42 heavy (non-hydrogen) atoms. The number of hydrogen-bond donors (Lipinski definition) is 3. The molecule has 2 unspecified atom stereocenters. The summed E-state index contributed by atoms with van der Waals surface area (Å²) in [6, 6.07) is 18.7. The van der Waals surface area contributed by atoms with Gasteiger partial charge in [-0.25, -0.2) is 4.79 Å². The molecule has 0 spiro atoms. The van der Waals surface area contributed by atoms with Crippen LogP contribution in [0.4, 0.5) is 10.5 Å². The van der Waals surface area contributed by atoms with Gasteiger partial charge in [-0.1, -0.05) is 60.2 Å². The Morgan fingerprint density at radius 3 is 2.24 bits per heavy atom. The average molecular weight is 573 g/mol. The fourth-order valence-corrected chi connectivity index (χ4v) is 5.02. The molecule has 0 saturated heterocycles. The van der Waals surface area contributed by atoms with Gasteiger partial charge >= 0.3 is 6.09 Å². The van der Waals surface area contributed by atoms with Gasteiger partial charge in [0.05, 0.1) is 0 Å². The van der Waals surface area contributed by atoms with Crippen LogP contribution in [0.2, 0.25) is 0 Å². The first kappa shape index (κ1) is 30.6. The highest BCUT2D eigenvalue weighted by atomic mass is 16.6. The van der Waals surface area contributed by atoms with Gasteiger partial charge in [0.1, 0.15) is 17.7 Å². The van der Waals surface area contributed by atoms with E-state index in [2.05, 4.69) is 10.6 Å². The zero-order valence-corrected chi connectivity index (χ0v) is 24.7. The number of rotatable bonds is 10. The van der Waals surface area contributed by atoms with E-state index in [4.69, 9.17) is 10.5 Å². The Morgan fingerprint density at radius 2 is 1.64 bits per heavy atom. The minimum Gasteiger partial charge on any atom is -0.444 e. The molecule has 1 saturated carbocycles. The Kier molecular flexibility index (Phi) is 9.50. The van der Waals surface area contributed by atoms with Gasteiger partial charge in [0, 0.05) is 18.2 Å². The number of carbonyl (C=O) groups excluding carboxylic acids is 4. The predicted octanol–water partition coefficient (Wildman–Crippen LogP) is 5.37. The number of benzene rings is 3. The fraction of sp³-hybridized carbons (Fsp3) is 0.394. The van der Waals surface area contributed by atoms with Crippen molar-refractivity contribution in [3.63, 3.8) is 0 Å². The molecular weight excluding hydrogens is 532 g/mol. The van der Waals surface area contributed by atoms with Crippen molar-refractivity contribution in [1.29, 1.82) is 0 Å². The molecule has 4 N–H and O–H groups in total. The third kappa shape index (κ3) is 7.87. The van der Waals surface area contributed by atoms with Crippen LogP contribution in [0.25, 0.3) is 10.8 Å². The minimum absolute atomic E-state index is 0.0243. The zero-order valence-electron chi connectivity index (χ0n) is 24.7. The van der Waals surface area contributed by atoms with E-state index in [-0.39, 0.29) is 24.8 Å². The maximum atomic E-state index is 14.3. The van der Waals surface area contributed by atoms with E-state index in [1.807, 2.05) is 73.7 Å². The third-order valence-electron chi connectivity index (χ3n) is 7.33. The summed E-state index contributed by atoms with van der Waals surface area (Å²) in [5.74, 6) is -1.44. The molecule has 1 fully saturated rings. The van der Waals surface area contributed by atoms with Gasteiger partial charge in [-0.2, -0.15) is 0 Å². The molecule has 0 radical (unpaired) electrons. The maximum Gasteiger partial charge on any atom is 0.408 e. The number of nitrogens with one attached hydrogen (secondary N) is 2. The highest BCUT2D eigenvalue weighted by molar-refractivity contribution is 6.00. The van der Waals surface area contributed by atoms with Crippen LogP contribution >= 0.6 is 0 Å². The van der Waals surface area contributed by atoms with Crippen molar-refractivity contribution >= 4 is 40.3 Å². The highest BCUT2D eigenvalue weighted by Crippen LogP contribution is 2.35. The van der Waals surface area contributed by atoms with Gasteiger partial charge in [-0.05, 0) is 81.8 Å². The van der Waals surface area contributed by atoms with Gasteiger partial charge in [0.2, 0.25) is 11.8 Å². The summed E-state index contributed by atoms with van der Waals surface area (Å²) in [5.41, 5.74) is 6.88. The Balaban J connectivity index is 1.71. The number of primary amides is 1. The summed E-state index contributed by atoms with van der Waals surface area (Å²) in [5, 5.41) is 7.69. The minimum atomic E-state index is -1.12. The third-order valence-corrected chi connectivity index (χ3v) is 7.33. The smallest absolute Gasteiger partial charge is 0.408 e. The van der Waals surface area contributed by atoms with Crippen LogP contribution in [-0.2, 0) is 19.1 Å². The normalized spacial score (nSPS) is 14.8. The second-order valence-corrected chi connectivity index (χ2v) is 11.9. The second kappa shape index (κ2) is 13.1. The Morgan fingerprint density at radius 1 is 0.976 bits per heavy atom. The number of carbonyl (C=O) groups is 4. The molecule has 4 amide bonds. The van der Waals surface area contributed by atoms with Gasteiger partial charge in [0.25, 0.3) is 5.91 Å². The number of fused-ring (bicyclic) bond motifs is 1. The molecule has 3 aromatic carbocycles. The summed E-state index contributed by atoms with van der Waals surface area (Å²) in [6.45, 7) is 7.11. The Labute approximate surface area is 246 Å². The van der Waals surface area contributed by atoms with Gasteiger partial charge in [0.15, 0.2) is 0 Å². The molecule has 1 aliphatic rings. The molecule has 0 aromatic heterocycles. The molecule has 4 rings (SSSR count). The maximum absolute atomic E-state index is 14.3. The zero-order chi connectivity index (χ0) is 30.4. The quantitative estimate of drug-likeness (QED) is 0.301. The summed E-state index contributed by atoms with van der Waals surface area (Å²) in [6.07, 6.45) is 1.41. The van der Waals surface area contributed by atoms with Crippen molar-refractivity contribution in [2.24, 2.45) is 5.73 Å². The number of nitrogens with two attached hydrogens (primary N) is 1. The number of nitrogens with zero attached hydrogens (tertiary/aromatic N) is 1. The highest BCUT2D eigenvalue weighted by Gasteiger charge is 2.42. The number of hydrogen-bond acceptors (Lipinski definition) is 5. The van der Waals surface area contributed by atoms with E-state index in [0.717, 1.165) is 22.8 Å². The Bertz CT molecular complexity index is 1440. The van der Waals surface area contributed by atoms with Crippen LogP contribution < -0.4 is 16.4 Å². The first-order valence-electron chi connectivity index (χ1n) is 14.4. The van der Waals surface area contributed by atoms with Crippen molar-refractivity contribution in [1.82, 2.24) is 10.2 Å². The fourth-order valence-electron chi connectivity index (χ4n) is 5.02. The summed E-state index contributed by atoms with van der Waals surface area (Å²) in [4.78, 5) is 54.5. The predicted molar refractivity (Wildman–Crippen MR) is 163 cm³/mol. The number of aryl methyl sites for hydroxylation is 1. The van der Waals surface area contributed by atoms with E-state index in [1.165, 1.54) is 0 Å². The SMILES string of the molecule is Cc1ccc(C(C(=O)Nc2ccc3ccccc3c2)N(C(=O)C(CCC(N)=O)NC(=O)OC(C)(C)C)C2CCC2)cc1. The van der Waals surface area contributed by atoms with Crippen LogP contribution in [-0.4, -0.2) is 46.4 Å². The van der Waals surface area contributed by atoms with Gasteiger partial charge in [-0.15, -0.1) is 0 Å². The molecule has 0 heterocycles. The average Bonchev–Trinajstić information content (AvgIpc) is 2.89. The lowest BCUT2D eigenvalue weighted by Crippen LogP contribution is -2.57. The van der Waals surface area contributed by atoms with Crippen molar-refractivity contribution in [3.05, 3.63) is 77.9 Å². The van der Waals surface area contributed by atoms with E-state index in [0.29, 0.717) is 24.1 Å². The van der Waals surface area contributed by atoms with E-state index >= 15 is 0 Å². The molecule has 1 aliphatic carbocycles. The number of amides is 4. The molecule has 3 aromatic rings. The number of ether oxygens (including phenoxy) is 1. The van der Waals surface area contributed by atoms with Crippen LogP contribution in [0.3, 0.4) is 0 Å². The lowest BCUT2D eigenvalue weighted by molar-refractivity contribution is -0.146. The molecule has 0 aliphatic heterocycles. The first-order chi connectivity index (χ1) is 19.9. The van der Waals surface area contributed by atoms with Crippen LogP contribution in [0.15, 0.2) is 66.7 Å². The molecular formula is C33H40N4O5. The van der Waals surface area contributed by atoms with Crippen LogP contribution in [0.5, 0.6) is 0 Å². The van der Waals surface area contributed by atoms with Crippen molar-refractivity contribution < 1.29 is 23.9 Å². The topological polar surface area (TPSA) is 131 Å². The van der Waals surface area contributed by atoms with Crippen molar-refractivity contribution in [2.45, 2.75) is 83.5 Å². The molecule has 2 atom stereocenters. The lowest BCUT2D eigenvalue weighted by atomic mass is 9.87. The largest absolute Gasteiger partial charge is 0.444 e. The molecule has 222 valence electrons. The van der Waals surface area contributed by atoms with E-state index in [1.54, 1.807) is 25.7 Å². The lowest BCUT2D eigenvalue weighted by Gasteiger charge is -2.43. The van der Waals surface area contributed by atoms with Crippen molar-refractivity contribution in [3.8, 4) is 0 Å². The van der Waals surface area contributed by atoms with E-state index < -0.39 is 35.6 Å². The van der Waals surface area contributed by atoms with Gasteiger partial charge < -0.3 is 26.0 Å². The van der Waals surface area contributed by atoms with Crippen LogP contribution in [0, 0.1) is 6.92 Å². The molecule has 0 bridgehead atoms. The Hall–Kier alpha value is -4.40. The number of alkyl carbamates (subject to hydrolysis) is 1.